The van der Waals surface area contributed by atoms with Gasteiger partial charge in [-0.25, -0.2) is 0 Å². The quantitative estimate of drug-likeness (QED) is 0.117. The monoisotopic (exact) mass is 789 g/mol. The molecular weight excluding hydrogens is 735 g/mol. The summed E-state index contributed by atoms with van der Waals surface area (Å²) < 4.78 is 26.1. The standard InChI is InChI=1S/C46H55N3O7Si/c1-10-21-53-40-31-18-17-29(25-49-19-14-20-49)22-32(31)27(2)35-33(40)23-30-24-34-38(48(6)7)41-37(44(47-55-41)54-26-28-15-12-11-13-16-28)43(52)46(34,42(51)36(30)39(35)50)56-57(8,9)45(3,4)5/h10-13,15-18,22,30,34,38,51H,1,14,19-21,23-26H2,2-9H3/t30-,34-,38-,46-/m0/s1. The number of nitrogens with zero attached hydrogens (tertiary/aromatic N) is 3. The Morgan fingerprint density at radius 1 is 1.05 bits per heavy atom. The van der Waals surface area contributed by atoms with Gasteiger partial charge in [-0.15, -0.1) is 0 Å². The number of aliphatic hydroxyl groups excluding tert-OH is 1. The van der Waals surface area contributed by atoms with E-state index < -0.39 is 37.6 Å². The molecule has 4 atom stereocenters. The minimum absolute atomic E-state index is 0.0444. The van der Waals surface area contributed by atoms with Gasteiger partial charge in [0.05, 0.1) is 6.04 Å². The van der Waals surface area contributed by atoms with Crippen LogP contribution >= 0.6 is 0 Å². The summed E-state index contributed by atoms with van der Waals surface area (Å²) in [6, 6.07) is 15.6. The number of carbonyl (C=O) groups excluding carboxylic acids is 2. The fourth-order valence-corrected chi connectivity index (χ4v) is 10.8. The highest BCUT2D eigenvalue weighted by molar-refractivity contribution is 6.74. The number of aryl methyl sites for hydroxylation is 1. The van der Waals surface area contributed by atoms with Crippen LogP contribution in [0.2, 0.25) is 18.1 Å². The minimum Gasteiger partial charge on any atom is -0.508 e. The molecule has 10 nitrogen and oxygen atoms in total. The highest BCUT2D eigenvalue weighted by Crippen LogP contribution is 2.60. The van der Waals surface area contributed by atoms with E-state index in [1.807, 2.05) is 56.3 Å². The third-order valence-electron chi connectivity index (χ3n) is 13.3. The predicted molar refractivity (Wildman–Crippen MR) is 223 cm³/mol. The second-order valence-corrected chi connectivity index (χ2v) is 22.8. The largest absolute Gasteiger partial charge is 0.508 e. The SMILES string of the molecule is C=CCOc1c2c(c(C)c3cc(CN4CCC4)ccc13)C(=O)C1=C(O)[C@]3(O[Si](C)(C)C(C)(C)C)C(=O)c4c(OCc5ccccc5)noc4[C@@H](N(C)C)[C@@H]3C[C@@H]1C2. The molecule has 8 rings (SSSR count). The van der Waals surface area contributed by atoms with Crippen LogP contribution in [0.3, 0.4) is 0 Å². The lowest BCUT2D eigenvalue weighted by atomic mass is 9.58. The van der Waals surface area contributed by atoms with Crippen molar-refractivity contribution in [3.05, 3.63) is 112 Å². The zero-order chi connectivity index (χ0) is 40.6. The van der Waals surface area contributed by atoms with Crippen LogP contribution in [0.5, 0.6) is 11.6 Å². The van der Waals surface area contributed by atoms with Crippen LogP contribution in [0.4, 0.5) is 0 Å². The number of Topliss-reactive ketones (excluding diaryl/α,β-unsaturated/α-hetero) is 2. The van der Waals surface area contributed by atoms with Crippen molar-refractivity contribution in [3.63, 3.8) is 0 Å². The number of ketones is 2. The van der Waals surface area contributed by atoms with Crippen LogP contribution in [0.25, 0.3) is 10.8 Å². The van der Waals surface area contributed by atoms with Crippen molar-refractivity contribution in [3.8, 4) is 11.6 Å². The number of aromatic nitrogens is 1. The molecule has 0 bridgehead atoms. The fraction of sp³-hybridized carbons (Fsp3) is 0.457. The Hall–Kier alpha value is -4.55. The maximum Gasteiger partial charge on any atom is 0.265 e. The van der Waals surface area contributed by atoms with Gasteiger partial charge in [0.25, 0.3) is 5.88 Å². The van der Waals surface area contributed by atoms with Crippen LogP contribution in [0.1, 0.15) is 88.4 Å². The van der Waals surface area contributed by atoms with E-state index in [4.69, 9.17) is 18.4 Å². The molecule has 57 heavy (non-hydrogen) atoms. The number of aliphatic hydroxyl groups is 1. The molecule has 1 saturated heterocycles. The summed E-state index contributed by atoms with van der Waals surface area (Å²) in [6.45, 7) is 19.8. The lowest BCUT2D eigenvalue weighted by Gasteiger charge is -2.55. The van der Waals surface area contributed by atoms with Crippen LogP contribution in [0.15, 0.2) is 77.0 Å². The van der Waals surface area contributed by atoms with Crippen LogP contribution in [0, 0.1) is 18.8 Å². The highest BCUT2D eigenvalue weighted by Gasteiger charge is 2.67. The topological polar surface area (TPSA) is 115 Å². The lowest BCUT2D eigenvalue weighted by molar-refractivity contribution is -0.0480. The van der Waals surface area contributed by atoms with E-state index in [1.54, 1.807) is 6.08 Å². The average Bonchev–Trinajstić information content (AvgIpc) is 3.56. The molecule has 4 aromatic rings. The van der Waals surface area contributed by atoms with E-state index >= 15 is 9.59 Å². The molecule has 1 fully saturated rings. The van der Waals surface area contributed by atoms with Gasteiger partial charge in [0.2, 0.25) is 5.78 Å². The summed E-state index contributed by atoms with van der Waals surface area (Å²) in [5.74, 6) is -1.04. The molecule has 300 valence electrons. The summed E-state index contributed by atoms with van der Waals surface area (Å²) in [5.41, 5.74) is 2.74. The van der Waals surface area contributed by atoms with E-state index in [1.165, 1.54) is 12.0 Å². The number of allylic oxidation sites excluding steroid dienone is 1. The van der Waals surface area contributed by atoms with Gasteiger partial charge in [-0.05, 0) is 111 Å². The molecule has 1 aromatic heterocycles. The van der Waals surface area contributed by atoms with E-state index in [-0.39, 0.29) is 46.8 Å². The highest BCUT2D eigenvalue weighted by atomic mass is 28.4. The first-order valence-electron chi connectivity index (χ1n) is 20.2. The number of hydrogen-bond acceptors (Lipinski definition) is 10. The van der Waals surface area contributed by atoms with E-state index in [9.17, 15) is 5.11 Å². The van der Waals surface area contributed by atoms with Crippen molar-refractivity contribution in [2.45, 2.75) is 89.9 Å². The molecule has 11 heteroatoms. The normalized spacial score (nSPS) is 23.5. The van der Waals surface area contributed by atoms with Crippen LogP contribution in [-0.2, 0) is 24.0 Å². The number of likely N-dealkylation sites (tertiary alicyclic amines) is 1. The van der Waals surface area contributed by atoms with Crippen LogP contribution in [-0.4, -0.2) is 79.3 Å². The van der Waals surface area contributed by atoms with Gasteiger partial charge in [-0.3, -0.25) is 19.4 Å². The van der Waals surface area contributed by atoms with Gasteiger partial charge in [-0.2, -0.15) is 0 Å². The summed E-state index contributed by atoms with van der Waals surface area (Å²) >= 11 is 0. The Morgan fingerprint density at radius 3 is 2.44 bits per heavy atom. The maximum atomic E-state index is 15.6. The number of benzene rings is 3. The summed E-state index contributed by atoms with van der Waals surface area (Å²) in [4.78, 5) is 35.4. The van der Waals surface area contributed by atoms with E-state index in [2.05, 4.69) is 68.7 Å². The fourth-order valence-electron chi connectivity index (χ4n) is 9.30. The first-order chi connectivity index (χ1) is 27.1. The van der Waals surface area contributed by atoms with Gasteiger partial charge in [-0.1, -0.05) is 75.9 Å². The van der Waals surface area contributed by atoms with Crippen molar-refractivity contribution in [2.24, 2.45) is 11.8 Å². The zero-order valence-electron chi connectivity index (χ0n) is 34.5. The first-order valence-corrected chi connectivity index (χ1v) is 23.1. The first kappa shape index (κ1) is 39.3. The molecule has 1 N–H and O–H groups in total. The smallest absolute Gasteiger partial charge is 0.265 e. The molecule has 4 aliphatic rings. The minimum atomic E-state index is -2.86. The Morgan fingerprint density at radius 2 is 1.79 bits per heavy atom. The Kier molecular flexibility index (Phi) is 9.90. The van der Waals surface area contributed by atoms with Gasteiger partial charge < -0.3 is 23.5 Å². The zero-order valence-corrected chi connectivity index (χ0v) is 35.5. The average molecular weight is 790 g/mol. The molecule has 0 saturated carbocycles. The number of carbonyl (C=O) groups is 2. The molecule has 0 amide bonds. The van der Waals surface area contributed by atoms with E-state index in [0.717, 1.165) is 47.1 Å². The molecule has 3 aliphatic carbocycles. The summed E-state index contributed by atoms with van der Waals surface area (Å²) in [7, 11) is 1.00. The Labute approximate surface area is 336 Å². The van der Waals surface area contributed by atoms with Crippen molar-refractivity contribution in [1.82, 2.24) is 15.0 Å². The molecule has 3 aromatic carbocycles. The maximum absolute atomic E-state index is 15.6. The third kappa shape index (κ3) is 6.29. The van der Waals surface area contributed by atoms with Crippen LogP contribution < -0.4 is 9.47 Å². The molecule has 1 aliphatic heterocycles. The second kappa shape index (κ2) is 14.4. The van der Waals surface area contributed by atoms with E-state index in [0.29, 0.717) is 29.9 Å². The van der Waals surface area contributed by atoms with Gasteiger partial charge >= 0.3 is 0 Å². The number of ether oxygens (including phenoxy) is 2. The molecule has 0 spiro atoms. The van der Waals surface area contributed by atoms with Crippen molar-refractivity contribution in [2.75, 3.05) is 33.8 Å². The Balaban J connectivity index is 1.33. The van der Waals surface area contributed by atoms with Gasteiger partial charge in [0.15, 0.2) is 25.5 Å². The van der Waals surface area contributed by atoms with Crippen molar-refractivity contribution in [1.29, 1.82) is 0 Å². The predicted octanol–water partition coefficient (Wildman–Crippen LogP) is 8.93. The molecule has 0 radical (unpaired) electrons. The summed E-state index contributed by atoms with van der Waals surface area (Å²) in [6.07, 6.45) is 3.73. The van der Waals surface area contributed by atoms with Gasteiger partial charge in [0, 0.05) is 34.5 Å². The van der Waals surface area contributed by atoms with Crippen molar-refractivity contribution >= 4 is 30.7 Å². The second-order valence-electron chi connectivity index (χ2n) is 18.1. The third-order valence-corrected chi connectivity index (χ3v) is 17.7. The molecular formula is C46H55N3O7Si. The Bertz CT molecular complexity index is 2300. The number of rotatable bonds is 11. The number of hydrogen-bond donors (Lipinski definition) is 1. The van der Waals surface area contributed by atoms with Gasteiger partial charge in [0.1, 0.15) is 30.3 Å². The van der Waals surface area contributed by atoms with Crippen molar-refractivity contribution < 1.29 is 33.1 Å². The summed E-state index contributed by atoms with van der Waals surface area (Å²) in [5, 5.41) is 19.0. The number of fused-ring (bicyclic) bond motifs is 5. The molecule has 0 unspecified atom stereocenters. The lowest BCUT2D eigenvalue weighted by Crippen LogP contribution is -2.65. The molecule has 2 heterocycles.